The van der Waals surface area contributed by atoms with Crippen molar-refractivity contribution < 1.29 is 19.4 Å². The molecule has 2 aromatic rings. The van der Waals surface area contributed by atoms with Gasteiger partial charge in [-0.1, -0.05) is 18.2 Å². The van der Waals surface area contributed by atoms with Crippen LogP contribution in [0, 0.1) is 6.92 Å². The lowest BCUT2D eigenvalue weighted by molar-refractivity contribution is 0.0948. The minimum absolute atomic E-state index is 0.0407. The monoisotopic (exact) mass is 326 g/mol. The second-order valence-corrected chi connectivity index (χ2v) is 5.64. The van der Waals surface area contributed by atoms with Crippen molar-refractivity contribution >= 4 is 17.7 Å². The molecule has 0 saturated carbocycles. The van der Waals surface area contributed by atoms with E-state index in [1.54, 1.807) is 23.1 Å². The van der Waals surface area contributed by atoms with E-state index in [1.165, 1.54) is 0 Å². The number of hydrogen-bond donors (Lipinski definition) is 2. The number of phenols is 1. The molecule has 0 atom stereocenters. The first-order chi connectivity index (χ1) is 11.5. The number of rotatable bonds is 4. The summed E-state index contributed by atoms with van der Waals surface area (Å²) in [6.45, 7) is 3.04. The summed E-state index contributed by atoms with van der Waals surface area (Å²) in [6.07, 6.45) is -0.360. The molecule has 1 aliphatic rings. The Morgan fingerprint density at radius 2 is 2.12 bits per heavy atom. The predicted molar refractivity (Wildman–Crippen MR) is 89.2 cm³/mol. The number of phenolic OH excluding ortho intramolecular Hbond substituents is 1. The van der Waals surface area contributed by atoms with Gasteiger partial charge in [0.15, 0.2) is 0 Å². The molecular weight excluding hydrogens is 308 g/mol. The van der Waals surface area contributed by atoms with Crippen molar-refractivity contribution in [3.8, 4) is 5.75 Å². The van der Waals surface area contributed by atoms with Crippen LogP contribution in [0.3, 0.4) is 0 Å². The van der Waals surface area contributed by atoms with E-state index in [2.05, 4.69) is 5.32 Å². The smallest absolute Gasteiger partial charge is 0.414 e. The lowest BCUT2D eigenvalue weighted by Gasteiger charge is -2.14. The van der Waals surface area contributed by atoms with E-state index in [1.807, 2.05) is 31.2 Å². The van der Waals surface area contributed by atoms with Crippen molar-refractivity contribution in [3.05, 3.63) is 59.2 Å². The average molecular weight is 326 g/mol. The number of nitrogens with one attached hydrogen (secondary N) is 1. The summed E-state index contributed by atoms with van der Waals surface area (Å²) < 4.78 is 4.93. The van der Waals surface area contributed by atoms with Crippen LogP contribution < -0.4 is 10.2 Å². The predicted octanol–water partition coefficient (Wildman–Crippen LogP) is 2.59. The Morgan fingerprint density at radius 3 is 2.83 bits per heavy atom. The molecule has 2 amide bonds. The van der Waals surface area contributed by atoms with Crippen LogP contribution in [0.5, 0.6) is 5.75 Å². The van der Waals surface area contributed by atoms with Crippen molar-refractivity contribution in [2.45, 2.75) is 13.5 Å². The molecular formula is C18H18N2O4. The highest BCUT2D eigenvalue weighted by atomic mass is 16.6. The van der Waals surface area contributed by atoms with Gasteiger partial charge in [-0.2, -0.15) is 0 Å². The highest BCUT2D eigenvalue weighted by Gasteiger charge is 2.23. The van der Waals surface area contributed by atoms with Gasteiger partial charge >= 0.3 is 6.09 Å². The van der Waals surface area contributed by atoms with Crippen LogP contribution in [0.2, 0.25) is 0 Å². The molecule has 1 heterocycles. The van der Waals surface area contributed by atoms with Gasteiger partial charge < -0.3 is 15.2 Å². The Bertz CT molecular complexity index is 788. The molecule has 1 aliphatic heterocycles. The quantitative estimate of drug-likeness (QED) is 0.905. The van der Waals surface area contributed by atoms with Crippen molar-refractivity contribution in [1.29, 1.82) is 0 Å². The van der Waals surface area contributed by atoms with Gasteiger partial charge in [0.1, 0.15) is 12.4 Å². The van der Waals surface area contributed by atoms with E-state index in [-0.39, 0.29) is 23.3 Å². The first-order valence-electron chi connectivity index (χ1n) is 7.65. The maximum Gasteiger partial charge on any atom is 0.414 e. The van der Waals surface area contributed by atoms with E-state index in [4.69, 9.17) is 4.74 Å². The Morgan fingerprint density at radius 1 is 1.29 bits per heavy atom. The molecule has 0 aromatic heterocycles. The molecule has 0 unspecified atom stereocenters. The summed E-state index contributed by atoms with van der Waals surface area (Å²) in [4.78, 5) is 25.3. The summed E-state index contributed by atoms with van der Waals surface area (Å²) in [5.74, 6) is -0.389. The number of aromatic hydroxyl groups is 1. The second kappa shape index (κ2) is 6.62. The zero-order chi connectivity index (χ0) is 17.1. The minimum atomic E-state index is -0.360. The highest BCUT2D eigenvalue weighted by Crippen LogP contribution is 2.21. The average Bonchev–Trinajstić information content (AvgIpc) is 2.99. The Labute approximate surface area is 139 Å². The lowest BCUT2D eigenvalue weighted by atomic mass is 10.1. The summed E-state index contributed by atoms with van der Waals surface area (Å²) in [7, 11) is 0. The molecule has 0 bridgehead atoms. The number of aryl methyl sites for hydroxylation is 1. The number of carbonyl (C=O) groups excluding carboxylic acids is 2. The fraction of sp³-hybridized carbons (Fsp3) is 0.222. The van der Waals surface area contributed by atoms with E-state index in [0.29, 0.717) is 19.7 Å². The molecule has 2 aromatic carbocycles. The molecule has 1 saturated heterocycles. The second-order valence-electron chi connectivity index (χ2n) is 5.64. The SMILES string of the molecule is Cc1ccc(C(=O)NCc2cccc(N3CCOC3=O)c2)c(O)c1. The minimum Gasteiger partial charge on any atom is -0.507 e. The molecule has 6 nitrogen and oxygen atoms in total. The van der Waals surface area contributed by atoms with Crippen molar-refractivity contribution in [3.63, 3.8) is 0 Å². The van der Waals surface area contributed by atoms with Gasteiger partial charge in [0, 0.05) is 12.2 Å². The number of anilines is 1. The zero-order valence-corrected chi connectivity index (χ0v) is 13.3. The van der Waals surface area contributed by atoms with Gasteiger partial charge in [-0.25, -0.2) is 4.79 Å². The summed E-state index contributed by atoms with van der Waals surface area (Å²) >= 11 is 0. The summed E-state index contributed by atoms with van der Waals surface area (Å²) in [5, 5.41) is 12.6. The van der Waals surface area contributed by atoms with Crippen LogP contribution in [0.25, 0.3) is 0 Å². The van der Waals surface area contributed by atoms with Gasteiger partial charge in [-0.3, -0.25) is 9.69 Å². The molecule has 0 aliphatic carbocycles. The Balaban J connectivity index is 1.68. The van der Waals surface area contributed by atoms with Crippen LogP contribution in [0.1, 0.15) is 21.5 Å². The largest absolute Gasteiger partial charge is 0.507 e. The van der Waals surface area contributed by atoms with Crippen LogP contribution in [0.4, 0.5) is 10.5 Å². The third kappa shape index (κ3) is 3.32. The van der Waals surface area contributed by atoms with Crippen molar-refractivity contribution in [1.82, 2.24) is 5.32 Å². The molecule has 2 N–H and O–H groups in total. The molecule has 0 spiro atoms. The van der Waals surface area contributed by atoms with Gasteiger partial charge in [-0.15, -0.1) is 0 Å². The fourth-order valence-corrected chi connectivity index (χ4v) is 2.57. The lowest BCUT2D eigenvalue weighted by Crippen LogP contribution is -2.25. The normalized spacial score (nSPS) is 13.7. The van der Waals surface area contributed by atoms with Gasteiger partial charge in [0.05, 0.1) is 12.1 Å². The molecule has 124 valence electrons. The number of benzene rings is 2. The topological polar surface area (TPSA) is 78.9 Å². The number of nitrogens with zero attached hydrogens (tertiary/aromatic N) is 1. The summed E-state index contributed by atoms with van der Waals surface area (Å²) in [6, 6.07) is 12.3. The molecule has 6 heteroatoms. The fourth-order valence-electron chi connectivity index (χ4n) is 2.57. The van der Waals surface area contributed by atoms with Crippen LogP contribution >= 0.6 is 0 Å². The van der Waals surface area contributed by atoms with Gasteiger partial charge in [0.25, 0.3) is 5.91 Å². The molecule has 3 rings (SSSR count). The van der Waals surface area contributed by atoms with E-state index in [9.17, 15) is 14.7 Å². The van der Waals surface area contributed by atoms with E-state index in [0.717, 1.165) is 16.8 Å². The highest BCUT2D eigenvalue weighted by molar-refractivity contribution is 5.96. The maximum atomic E-state index is 12.2. The molecule has 0 radical (unpaired) electrons. The maximum absolute atomic E-state index is 12.2. The van der Waals surface area contributed by atoms with Gasteiger partial charge in [0.2, 0.25) is 0 Å². The first-order valence-corrected chi connectivity index (χ1v) is 7.65. The Kier molecular flexibility index (Phi) is 4.37. The van der Waals surface area contributed by atoms with Crippen LogP contribution in [-0.4, -0.2) is 30.3 Å². The Hall–Kier alpha value is -3.02. The summed E-state index contributed by atoms with van der Waals surface area (Å²) in [5.41, 5.74) is 2.71. The zero-order valence-electron chi connectivity index (χ0n) is 13.3. The van der Waals surface area contributed by atoms with Crippen LogP contribution in [0.15, 0.2) is 42.5 Å². The number of carbonyl (C=O) groups is 2. The standard InChI is InChI=1S/C18H18N2O4/c1-12-5-6-15(16(21)9-12)17(22)19-11-13-3-2-4-14(10-13)20-7-8-24-18(20)23/h2-6,9-10,21H,7-8,11H2,1H3,(H,19,22). The van der Waals surface area contributed by atoms with E-state index >= 15 is 0 Å². The number of hydrogen-bond acceptors (Lipinski definition) is 4. The van der Waals surface area contributed by atoms with E-state index < -0.39 is 0 Å². The number of ether oxygens (including phenoxy) is 1. The van der Waals surface area contributed by atoms with Crippen molar-refractivity contribution in [2.75, 3.05) is 18.1 Å². The van der Waals surface area contributed by atoms with Crippen LogP contribution in [-0.2, 0) is 11.3 Å². The third-order valence-electron chi connectivity index (χ3n) is 3.83. The van der Waals surface area contributed by atoms with Gasteiger partial charge in [-0.05, 0) is 42.3 Å². The molecule has 24 heavy (non-hydrogen) atoms. The number of cyclic esters (lactones) is 1. The molecule has 1 fully saturated rings. The first kappa shape index (κ1) is 15.9. The number of amides is 2. The third-order valence-corrected chi connectivity index (χ3v) is 3.83. The van der Waals surface area contributed by atoms with Crippen molar-refractivity contribution in [2.24, 2.45) is 0 Å².